The molecule has 0 amide bonds. The molecule has 0 N–H and O–H groups in total. The topological polar surface area (TPSA) is 11.4 Å². The van der Waals surface area contributed by atoms with Crippen molar-refractivity contribution in [3.05, 3.63) is 293 Å². The summed E-state index contributed by atoms with van der Waals surface area (Å²) in [5.41, 5.74) is 29.1. The Morgan fingerprint density at radius 3 is 1.16 bits per heavy atom. The molecule has 0 aliphatic heterocycles. The van der Waals surface area contributed by atoms with Gasteiger partial charge in [0.15, 0.2) is 0 Å². The van der Waals surface area contributed by atoms with Crippen LogP contribution in [0.3, 0.4) is 0 Å². The molecule has 0 bridgehead atoms. The van der Waals surface area contributed by atoms with E-state index in [0.29, 0.717) is 0 Å². The second-order valence-corrected chi connectivity index (χ2v) is 25.4. The molecule has 82 heavy (non-hydrogen) atoms. The molecule has 0 spiro atoms. The first kappa shape index (κ1) is 49.8. The Morgan fingerprint density at radius 1 is 0.341 bits per heavy atom. The summed E-state index contributed by atoms with van der Waals surface area (Å²) < 4.78 is 2.45. The van der Waals surface area contributed by atoms with E-state index in [4.69, 9.17) is 0 Å². The molecule has 398 valence electrons. The predicted octanol–water partition coefficient (Wildman–Crippen LogP) is 21.1. The summed E-state index contributed by atoms with van der Waals surface area (Å²) in [6.07, 6.45) is 9.58. The van der Waals surface area contributed by atoms with Crippen LogP contribution >= 0.6 is 0 Å². The number of aromatic nitrogens is 1. The maximum Gasteiger partial charge on any atom is 0.0542 e. The van der Waals surface area contributed by atoms with E-state index in [-0.39, 0.29) is 21.7 Å². The van der Waals surface area contributed by atoms with Gasteiger partial charge in [-0.2, -0.15) is 0 Å². The van der Waals surface area contributed by atoms with E-state index in [1.165, 1.54) is 88.7 Å². The average Bonchev–Trinajstić information content (AvgIpc) is 4.10. The zero-order valence-corrected chi connectivity index (χ0v) is 48.3. The molecular weight excluding hydrogens is 991 g/mol. The van der Waals surface area contributed by atoms with Crippen molar-refractivity contribution in [1.82, 2.24) is 4.57 Å². The molecule has 0 atom stereocenters. The van der Waals surface area contributed by atoms with E-state index < -0.39 is 0 Å². The van der Waals surface area contributed by atoms with Crippen molar-refractivity contribution in [2.75, 3.05) is 9.80 Å². The van der Waals surface area contributed by atoms with Crippen molar-refractivity contribution in [1.29, 1.82) is 0 Å². The first-order valence-corrected chi connectivity index (χ1v) is 29.2. The first-order valence-electron chi connectivity index (χ1n) is 29.2. The Morgan fingerprint density at radius 2 is 0.707 bits per heavy atom. The van der Waals surface area contributed by atoms with E-state index in [0.717, 1.165) is 62.8 Å². The minimum Gasteiger partial charge on any atom is -0.310 e. The lowest BCUT2D eigenvalue weighted by molar-refractivity contribution is 0.635. The zero-order valence-electron chi connectivity index (χ0n) is 48.3. The predicted molar refractivity (Wildman–Crippen MR) is 347 cm³/mol. The van der Waals surface area contributed by atoms with Crippen molar-refractivity contribution in [3.63, 3.8) is 0 Å². The standard InChI is InChI=1S/C79H67N3/c1-50-22-12-10-13-23-51-32-33-55(46-70(51)76(50,2)3)80(56-34-39-62-59-26-16-19-29-67(59)77(4,5)71(62)47-56)53-37-42-74-65(44-53)66-45-54(38-43-75(66)82(74)52-24-14-11-15-25-52)81(57-35-40-63-60-27-17-20-30-68(60)78(6,7)72(63)48-57)58-36-41-64-61-28-18-21-31-69(61)79(8,9)73(64)49-58/h10-22,24-49H,1,23H2,2-9H3/b13-10-,22-12-. The van der Waals surface area contributed by atoms with Gasteiger partial charge in [0, 0.05) is 72.2 Å². The van der Waals surface area contributed by atoms with Gasteiger partial charge < -0.3 is 14.4 Å². The summed E-state index contributed by atoms with van der Waals surface area (Å²) in [4.78, 5) is 5.02. The largest absolute Gasteiger partial charge is 0.310 e. The van der Waals surface area contributed by atoms with Crippen LogP contribution in [0.15, 0.2) is 249 Å². The quantitative estimate of drug-likeness (QED) is 0.158. The minimum absolute atomic E-state index is 0.170. The number of benzene rings is 10. The smallest absolute Gasteiger partial charge is 0.0542 e. The van der Waals surface area contributed by atoms with Gasteiger partial charge in [-0.3, -0.25) is 0 Å². The summed E-state index contributed by atoms with van der Waals surface area (Å²) in [7, 11) is 0. The average molecular weight is 1060 g/mol. The molecule has 0 fully saturated rings. The third-order valence-electron chi connectivity index (χ3n) is 19.4. The zero-order chi connectivity index (χ0) is 56.0. The third-order valence-corrected chi connectivity index (χ3v) is 19.4. The molecular formula is C79H67N3. The first-order chi connectivity index (χ1) is 39.6. The summed E-state index contributed by atoms with van der Waals surface area (Å²) >= 11 is 0. The van der Waals surface area contributed by atoms with E-state index in [2.05, 4.69) is 313 Å². The maximum atomic E-state index is 4.64. The van der Waals surface area contributed by atoms with Crippen LogP contribution in [-0.4, -0.2) is 4.57 Å². The molecule has 15 rings (SSSR count). The summed E-state index contributed by atoms with van der Waals surface area (Å²) in [6, 6.07) is 80.8. The van der Waals surface area contributed by atoms with Gasteiger partial charge in [-0.25, -0.2) is 0 Å². The molecule has 3 heteroatoms. The van der Waals surface area contributed by atoms with Crippen molar-refractivity contribution in [3.8, 4) is 39.1 Å². The molecule has 0 saturated heterocycles. The highest BCUT2D eigenvalue weighted by molar-refractivity contribution is 6.12. The van der Waals surface area contributed by atoms with Crippen LogP contribution in [0.1, 0.15) is 99.9 Å². The van der Waals surface area contributed by atoms with Crippen LogP contribution in [0.25, 0.3) is 60.9 Å². The lowest BCUT2D eigenvalue weighted by Crippen LogP contribution is -2.22. The summed E-state index contributed by atoms with van der Waals surface area (Å²) in [6.45, 7) is 23.6. The number of allylic oxidation sites excluding steroid dienone is 5. The van der Waals surface area contributed by atoms with Crippen molar-refractivity contribution in [2.24, 2.45) is 0 Å². The Labute approximate surface area is 483 Å². The molecule has 4 aliphatic rings. The molecule has 0 unspecified atom stereocenters. The van der Waals surface area contributed by atoms with Crippen LogP contribution in [0.4, 0.5) is 34.1 Å². The number of rotatable bonds is 7. The highest BCUT2D eigenvalue weighted by atomic mass is 15.2. The molecule has 0 radical (unpaired) electrons. The van der Waals surface area contributed by atoms with Gasteiger partial charge in [0.1, 0.15) is 0 Å². The van der Waals surface area contributed by atoms with Crippen LogP contribution in [0.2, 0.25) is 0 Å². The second kappa shape index (κ2) is 17.9. The normalized spacial score (nSPS) is 16.9. The molecule has 1 aromatic heterocycles. The van der Waals surface area contributed by atoms with Gasteiger partial charge in [0.2, 0.25) is 0 Å². The number of hydrogen-bond acceptors (Lipinski definition) is 2. The monoisotopic (exact) mass is 1060 g/mol. The van der Waals surface area contributed by atoms with Crippen molar-refractivity contribution < 1.29 is 0 Å². The van der Waals surface area contributed by atoms with Crippen LogP contribution in [0.5, 0.6) is 0 Å². The van der Waals surface area contributed by atoms with Gasteiger partial charge in [-0.05, 0) is 187 Å². The molecule has 1 heterocycles. The Balaban J connectivity index is 0.965. The number of hydrogen-bond donors (Lipinski definition) is 0. The molecule has 10 aromatic carbocycles. The molecule has 11 aromatic rings. The highest BCUT2D eigenvalue weighted by Gasteiger charge is 2.39. The Kier molecular flexibility index (Phi) is 10.9. The fraction of sp³-hybridized carbons (Fsp3) is 0.165. The van der Waals surface area contributed by atoms with Gasteiger partial charge in [-0.1, -0.05) is 202 Å². The Hall–Kier alpha value is -9.18. The summed E-state index contributed by atoms with van der Waals surface area (Å²) in [5.74, 6) is 0. The van der Waals surface area contributed by atoms with Gasteiger partial charge in [-0.15, -0.1) is 0 Å². The fourth-order valence-corrected chi connectivity index (χ4v) is 14.8. The second-order valence-electron chi connectivity index (χ2n) is 25.4. The summed E-state index contributed by atoms with van der Waals surface area (Å²) in [5, 5.41) is 2.36. The molecule has 0 saturated carbocycles. The minimum atomic E-state index is -0.312. The van der Waals surface area contributed by atoms with E-state index in [9.17, 15) is 0 Å². The number of nitrogens with zero attached hydrogens (tertiary/aromatic N) is 3. The lowest BCUT2D eigenvalue weighted by atomic mass is 9.75. The fourth-order valence-electron chi connectivity index (χ4n) is 14.8. The molecule has 4 aliphatic carbocycles. The van der Waals surface area contributed by atoms with Gasteiger partial charge >= 0.3 is 0 Å². The van der Waals surface area contributed by atoms with Crippen LogP contribution in [-0.2, 0) is 28.1 Å². The van der Waals surface area contributed by atoms with Gasteiger partial charge in [0.05, 0.1) is 11.0 Å². The van der Waals surface area contributed by atoms with Crippen molar-refractivity contribution >= 4 is 55.9 Å². The van der Waals surface area contributed by atoms with E-state index >= 15 is 0 Å². The van der Waals surface area contributed by atoms with E-state index in [1.807, 2.05) is 0 Å². The SMILES string of the molecule is C=C1/C=C\C=C/Cc2ccc(N(c3ccc4c(c3)C(C)(C)c3ccccc3-4)c3ccc4c(c3)c3cc(N(c5ccc6c(c5)C(C)(C)c5ccccc5-6)c5ccc6c(c5)C(C)(C)c5ccccc5-6)ccc3n4-c3ccccc3)cc2C1(C)C. The molecule has 3 nitrogen and oxygen atoms in total. The Bertz CT molecular complexity index is 4460. The van der Waals surface area contributed by atoms with E-state index in [1.54, 1.807) is 0 Å². The number of fused-ring (bicyclic) bond motifs is 13. The third kappa shape index (κ3) is 7.28. The maximum absolute atomic E-state index is 4.64. The van der Waals surface area contributed by atoms with Crippen LogP contribution in [0, 0.1) is 0 Å². The van der Waals surface area contributed by atoms with Gasteiger partial charge in [0.25, 0.3) is 0 Å². The lowest BCUT2D eigenvalue weighted by Gasteiger charge is -2.32. The van der Waals surface area contributed by atoms with Crippen molar-refractivity contribution in [2.45, 2.75) is 83.5 Å². The number of para-hydroxylation sites is 1. The highest BCUT2D eigenvalue weighted by Crippen LogP contribution is 2.55. The van der Waals surface area contributed by atoms with Crippen LogP contribution < -0.4 is 9.80 Å². The number of anilines is 6.